The molecule has 86 valence electrons. The summed E-state index contributed by atoms with van der Waals surface area (Å²) in [5, 5.41) is 0. The first kappa shape index (κ1) is 12.4. The fourth-order valence-corrected chi connectivity index (χ4v) is 1.14. The number of hydrogen-bond donors (Lipinski definition) is 0. The summed E-state index contributed by atoms with van der Waals surface area (Å²) in [4.78, 5) is 0. The topological polar surface area (TPSA) is 46.6 Å². The van der Waals surface area contributed by atoms with Crippen LogP contribution in [-0.2, 0) is 10.0 Å². The lowest BCUT2D eigenvalue weighted by Crippen LogP contribution is -2.19. The molecule has 1 aromatic carbocycles. The minimum atomic E-state index is -3.26. The van der Waals surface area contributed by atoms with Crippen LogP contribution in [0.15, 0.2) is 24.3 Å². The largest absolute Gasteiger partial charge is 0.497 e. The van der Waals surface area contributed by atoms with Crippen molar-refractivity contribution in [1.29, 1.82) is 0 Å². The first-order valence-electron chi connectivity index (χ1n) is 4.53. The van der Waals surface area contributed by atoms with Crippen LogP contribution < -0.4 is 4.74 Å². The normalized spacial score (nSPS) is 10.2. The Morgan fingerprint density at radius 1 is 1.38 bits per heavy atom. The molecule has 0 spiro atoms. The molecule has 0 aliphatic heterocycles. The lowest BCUT2D eigenvalue weighted by molar-refractivity contribution is 0.414. The minimum Gasteiger partial charge on any atom is -0.497 e. The van der Waals surface area contributed by atoms with Crippen molar-refractivity contribution < 1.29 is 13.2 Å². The van der Waals surface area contributed by atoms with Gasteiger partial charge in [0.2, 0.25) is 10.0 Å². The van der Waals surface area contributed by atoms with E-state index >= 15 is 0 Å². The molecule has 0 radical (unpaired) electrons. The number of nitrogens with zero attached hydrogens (tertiary/aromatic N) is 1. The molecule has 0 aromatic heterocycles. The third-order valence-corrected chi connectivity index (χ3v) is 3.01. The van der Waals surface area contributed by atoms with Crippen LogP contribution in [0.3, 0.4) is 0 Å². The number of ether oxygens (including phenoxy) is 1. The highest BCUT2D eigenvalue weighted by molar-refractivity contribution is 7.88. The highest BCUT2D eigenvalue weighted by Crippen LogP contribution is 2.11. The van der Waals surface area contributed by atoms with Gasteiger partial charge in [-0.25, -0.2) is 12.7 Å². The number of hydrogen-bond acceptors (Lipinski definition) is 3. The Labute approximate surface area is 95.9 Å². The Morgan fingerprint density at radius 2 is 2.06 bits per heavy atom. The molecule has 1 aromatic rings. The number of methoxy groups -OCH3 is 1. The lowest BCUT2D eigenvalue weighted by Gasteiger charge is -2.06. The maximum absolute atomic E-state index is 11.1. The molecule has 0 aliphatic carbocycles. The molecule has 0 unspecified atom stereocenters. The maximum atomic E-state index is 11.1. The standard InChI is InChI=1S/C11H13NO3S/c1-12(16(3,13)14)8-7-10-5-4-6-11(9-10)15-2/h4-6,9H,1-3H3. The van der Waals surface area contributed by atoms with Gasteiger partial charge < -0.3 is 4.74 Å². The third kappa shape index (κ3) is 3.48. The van der Waals surface area contributed by atoms with Crippen LogP contribution in [0.25, 0.3) is 0 Å². The summed E-state index contributed by atoms with van der Waals surface area (Å²) in [5.74, 6) is 3.43. The van der Waals surface area contributed by atoms with Gasteiger partial charge in [0.15, 0.2) is 0 Å². The van der Waals surface area contributed by atoms with E-state index in [1.807, 2.05) is 0 Å². The summed E-state index contributed by atoms with van der Waals surface area (Å²) in [7, 11) is -0.290. The summed E-state index contributed by atoms with van der Waals surface area (Å²) in [6.45, 7) is 0. The summed E-state index contributed by atoms with van der Waals surface area (Å²) >= 11 is 0. The monoisotopic (exact) mass is 239 g/mol. The molecule has 0 saturated carbocycles. The van der Waals surface area contributed by atoms with Crippen LogP contribution in [0, 0.1) is 12.0 Å². The molecule has 0 aliphatic rings. The molecule has 0 bridgehead atoms. The van der Waals surface area contributed by atoms with Crippen molar-refractivity contribution in [3.05, 3.63) is 29.8 Å². The quantitative estimate of drug-likeness (QED) is 0.569. The van der Waals surface area contributed by atoms with Crippen molar-refractivity contribution in [3.8, 4) is 17.7 Å². The van der Waals surface area contributed by atoms with Gasteiger partial charge in [-0.05, 0) is 24.1 Å². The van der Waals surface area contributed by atoms with E-state index < -0.39 is 10.0 Å². The summed E-state index contributed by atoms with van der Waals surface area (Å²) < 4.78 is 28.2. The molecule has 4 nitrogen and oxygen atoms in total. The van der Waals surface area contributed by atoms with E-state index in [-0.39, 0.29) is 0 Å². The maximum Gasteiger partial charge on any atom is 0.238 e. The second-order valence-corrected chi connectivity index (χ2v) is 5.21. The summed E-state index contributed by atoms with van der Waals surface area (Å²) in [6.07, 6.45) is 1.10. The summed E-state index contributed by atoms with van der Waals surface area (Å²) in [6, 6.07) is 9.64. The molecule has 0 atom stereocenters. The SMILES string of the molecule is COc1cccc(C#CN(C)S(C)(=O)=O)c1. The van der Waals surface area contributed by atoms with Gasteiger partial charge in [-0.15, -0.1) is 0 Å². The van der Waals surface area contributed by atoms with E-state index in [1.54, 1.807) is 31.4 Å². The fourth-order valence-electron chi connectivity index (χ4n) is 0.927. The first-order chi connectivity index (χ1) is 7.43. The van der Waals surface area contributed by atoms with Gasteiger partial charge in [0.1, 0.15) is 5.75 Å². The second-order valence-electron chi connectivity index (χ2n) is 3.20. The molecular weight excluding hydrogens is 226 g/mol. The molecule has 5 heteroatoms. The molecule has 0 N–H and O–H groups in total. The first-order valence-corrected chi connectivity index (χ1v) is 6.38. The van der Waals surface area contributed by atoms with Gasteiger partial charge in [0.25, 0.3) is 0 Å². The van der Waals surface area contributed by atoms with Crippen LogP contribution in [0.4, 0.5) is 0 Å². The predicted molar refractivity (Wildman–Crippen MR) is 62.5 cm³/mol. The third-order valence-electron chi connectivity index (χ3n) is 1.92. The van der Waals surface area contributed by atoms with Crippen LogP contribution in [0.5, 0.6) is 5.75 Å². The Hall–Kier alpha value is -1.67. The Morgan fingerprint density at radius 3 is 2.62 bits per heavy atom. The predicted octanol–water partition coefficient (Wildman–Crippen LogP) is 0.896. The smallest absolute Gasteiger partial charge is 0.238 e. The van der Waals surface area contributed by atoms with E-state index in [1.165, 1.54) is 7.05 Å². The average Bonchev–Trinajstić information content (AvgIpc) is 2.25. The zero-order valence-corrected chi connectivity index (χ0v) is 10.2. The van der Waals surface area contributed by atoms with Gasteiger partial charge in [-0.3, -0.25) is 0 Å². The Bertz CT molecular complexity index is 526. The highest BCUT2D eigenvalue weighted by Gasteiger charge is 2.04. The van der Waals surface area contributed by atoms with Crippen molar-refractivity contribution in [2.24, 2.45) is 0 Å². The van der Waals surface area contributed by atoms with Crippen LogP contribution in [-0.4, -0.2) is 33.1 Å². The van der Waals surface area contributed by atoms with Crippen LogP contribution in [0.2, 0.25) is 0 Å². The van der Waals surface area contributed by atoms with Crippen LogP contribution in [0.1, 0.15) is 5.56 Å². The van der Waals surface area contributed by atoms with Crippen molar-refractivity contribution in [1.82, 2.24) is 4.31 Å². The Balaban J connectivity index is 2.93. The summed E-state index contributed by atoms with van der Waals surface area (Å²) in [5.41, 5.74) is 0.704. The van der Waals surface area contributed by atoms with Crippen molar-refractivity contribution in [2.45, 2.75) is 0 Å². The zero-order chi connectivity index (χ0) is 12.2. The van der Waals surface area contributed by atoms with Crippen LogP contribution >= 0.6 is 0 Å². The van der Waals surface area contributed by atoms with Gasteiger partial charge in [-0.1, -0.05) is 6.07 Å². The molecule has 0 saturated heterocycles. The molecule has 0 amide bonds. The van der Waals surface area contributed by atoms with E-state index in [0.29, 0.717) is 11.3 Å². The van der Waals surface area contributed by atoms with Gasteiger partial charge in [0, 0.05) is 18.7 Å². The minimum absolute atomic E-state index is 0.689. The second kappa shape index (κ2) is 4.90. The van der Waals surface area contributed by atoms with Gasteiger partial charge in [-0.2, -0.15) is 0 Å². The lowest BCUT2D eigenvalue weighted by atomic mass is 10.2. The molecular formula is C11H13NO3S. The number of rotatable bonds is 2. The van der Waals surface area contributed by atoms with E-state index in [0.717, 1.165) is 10.6 Å². The average molecular weight is 239 g/mol. The van der Waals surface area contributed by atoms with Gasteiger partial charge >= 0.3 is 0 Å². The highest BCUT2D eigenvalue weighted by atomic mass is 32.2. The molecule has 16 heavy (non-hydrogen) atoms. The van der Waals surface area contributed by atoms with Gasteiger partial charge in [0.05, 0.1) is 13.4 Å². The zero-order valence-electron chi connectivity index (χ0n) is 9.39. The number of sulfonamides is 1. The number of benzene rings is 1. The van der Waals surface area contributed by atoms with Crippen molar-refractivity contribution >= 4 is 10.0 Å². The molecule has 0 fully saturated rings. The molecule has 0 heterocycles. The van der Waals surface area contributed by atoms with E-state index in [4.69, 9.17) is 4.74 Å². The van der Waals surface area contributed by atoms with E-state index in [2.05, 4.69) is 12.0 Å². The van der Waals surface area contributed by atoms with Crippen molar-refractivity contribution in [3.63, 3.8) is 0 Å². The Kier molecular flexibility index (Phi) is 3.80. The van der Waals surface area contributed by atoms with Crippen molar-refractivity contribution in [2.75, 3.05) is 20.4 Å². The van der Waals surface area contributed by atoms with E-state index in [9.17, 15) is 8.42 Å². The fraction of sp³-hybridized carbons (Fsp3) is 0.273. The molecule has 1 rings (SSSR count).